The van der Waals surface area contributed by atoms with Crippen LogP contribution in [0.5, 0.6) is 0 Å². The highest BCUT2D eigenvalue weighted by Gasteiger charge is 2.25. The standard InChI is InChI=1S/C6H11O5P.C3H8/c7-12(10-3-5-1-8-5)11-4-6-2-9-6;1-3-2/h5-6,12H,1-4H2;3H2,1-2H3. The van der Waals surface area contributed by atoms with Gasteiger partial charge in [0.1, 0.15) is 12.2 Å². The Bertz CT molecular complexity index is 173. The molecule has 15 heavy (non-hydrogen) atoms. The molecule has 0 amide bonds. The van der Waals surface area contributed by atoms with Gasteiger partial charge < -0.3 is 18.5 Å². The quantitative estimate of drug-likeness (QED) is 0.520. The van der Waals surface area contributed by atoms with E-state index in [1.165, 1.54) is 6.42 Å². The van der Waals surface area contributed by atoms with Crippen molar-refractivity contribution >= 4 is 8.25 Å². The Morgan fingerprint density at radius 2 is 1.47 bits per heavy atom. The lowest BCUT2D eigenvalue weighted by Crippen LogP contribution is -1.99. The number of rotatable bonds is 6. The van der Waals surface area contributed by atoms with Crippen molar-refractivity contribution in [2.45, 2.75) is 32.5 Å². The zero-order chi connectivity index (χ0) is 11.1. The molecule has 0 spiro atoms. The van der Waals surface area contributed by atoms with Crippen LogP contribution in [-0.4, -0.2) is 38.6 Å². The number of hydrogen-bond donors (Lipinski definition) is 0. The van der Waals surface area contributed by atoms with E-state index in [0.29, 0.717) is 26.4 Å². The van der Waals surface area contributed by atoms with Gasteiger partial charge in [0.2, 0.25) is 0 Å². The summed E-state index contributed by atoms with van der Waals surface area (Å²) in [5.74, 6) is 0. The molecule has 0 aromatic rings. The van der Waals surface area contributed by atoms with Crippen LogP contribution in [0.2, 0.25) is 0 Å². The first kappa shape index (κ1) is 13.1. The summed E-state index contributed by atoms with van der Waals surface area (Å²) in [6, 6.07) is 0. The second kappa shape index (κ2) is 7.36. The predicted octanol–water partition coefficient (Wildman–Crippen LogP) is 1.62. The summed E-state index contributed by atoms with van der Waals surface area (Å²) in [5, 5.41) is 0. The van der Waals surface area contributed by atoms with Gasteiger partial charge in [-0.15, -0.1) is 0 Å². The molecule has 0 bridgehead atoms. The van der Waals surface area contributed by atoms with Gasteiger partial charge in [0.05, 0.1) is 26.4 Å². The summed E-state index contributed by atoms with van der Waals surface area (Å²) in [6.45, 7) is 6.43. The van der Waals surface area contributed by atoms with E-state index in [4.69, 9.17) is 18.5 Å². The molecule has 2 aliphatic heterocycles. The maximum atomic E-state index is 10.9. The van der Waals surface area contributed by atoms with Crippen molar-refractivity contribution in [3.63, 3.8) is 0 Å². The summed E-state index contributed by atoms with van der Waals surface area (Å²) in [6.07, 6.45) is 1.53. The fourth-order valence-corrected chi connectivity index (χ4v) is 1.42. The Kier molecular flexibility index (Phi) is 6.45. The number of epoxide rings is 2. The predicted molar refractivity (Wildman–Crippen MR) is 56.4 cm³/mol. The molecule has 0 aromatic heterocycles. The van der Waals surface area contributed by atoms with Crippen LogP contribution in [0.3, 0.4) is 0 Å². The highest BCUT2D eigenvalue weighted by atomic mass is 31.1. The molecule has 6 heteroatoms. The van der Waals surface area contributed by atoms with Crippen LogP contribution in [0.4, 0.5) is 0 Å². The summed E-state index contributed by atoms with van der Waals surface area (Å²) >= 11 is 0. The maximum Gasteiger partial charge on any atom is 0.319 e. The Labute approximate surface area is 91.0 Å². The highest BCUT2D eigenvalue weighted by Crippen LogP contribution is 2.27. The molecule has 90 valence electrons. The zero-order valence-electron chi connectivity index (χ0n) is 9.23. The molecule has 0 N–H and O–H groups in total. The average Bonchev–Trinajstić information content (AvgIpc) is 3.05. The molecule has 5 nitrogen and oxygen atoms in total. The largest absolute Gasteiger partial charge is 0.371 e. The van der Waals surface area contributed by atoms with Crippen molar-refractivity contribution in [2.75, 3.05) is 26.4 Å². The molecule has 2 fully saturated rings. The van der Waals surface area contributed by atoms with Crippen molar-refractivity contribution in [1.82, 2.24) is 0 Å². The third-order valence-electron chi connectivity index (χ3n) is 1.58. The third kappa shape index (κ3) is 7.94. The molecule has 0 aliphatic carbocycles. The van der Waals surface area contributed by atoms with E-state index in [0.717, 1.165) is 0 Å². The van der Waals surface area contributed by atoms with Crippen molar-refractivity contribution < 1.29 is 23.1 Å². The van der Waals surface area contributed by atoms with E-state index in [1.54, 1.807) is 0 Å². The first-order valence-corrected chi connectivity index (χ1v) is 6.51. The zero-order valence-corrected chi connectivity index (χ0v) is 10.2. The van der Waals surface area contributed by atoms with Crippen LogP contribution in [0.15, 0.2) is 0 Å². The van der Waals surface area contributed by atoms with Crippen LogP contribution in [0, 0.1) is 0 Å². The van der Waals surface area contributed by atoms with Gasteiger partial charge >= 0.3 is 8.25 Å². The van der Waals surface area contributed by atoms with Crippen molar-refractivity contribution in [2.24, 2.45) is 0 Å². The van der Waals surface area contributed by atoms with Crippen LogP contribution in [-0.2, 0) is 23.1 Å². The molecule has 2 heterocycles. The van der Waals surface area contributed by atoms with Crippen molar-refractivity contribution in [3.05, 3.63) is 0 Å². The van der Waals surface area contributed by atoms with Gasteiger partial charge in [-0.2, -0.15) is 0 Å². The SMILES string of the molecule is CCC.O=[PH](OCC1CO1)OCC1CO1. The van der Waals surface area contributed by atoms with Gasteiger partial charge in [-0.05, 0) is 0 Å². The van der Waals surface area contributed by atoms with E-state index in [1.807, 2.05) is 0 Å². The minimum atomic E-state index is -2.31. The second-order valence-corrected chi connectivity index (χ2v) is 4.57. The Balaban J connectivity index is 0.000000337. The molecule has 2 saturated heterocycles. The summed E-state index contributed by atoms with van der Waals surface area (Å²) < 4.78 is 30.5. The van der Waals surface area contributed by atoms with E-state index in [-0.39, 0.29) is 12.2 Å². The fourth-order valence-electron chi connectivity index (χ4n) is 0.692. The monoisotopic (exact) mass is 238 g/mol. The van der Waals surface area contributed by atoms with Gasteiger partial charge in [0.25, 0.3) is 0 Å². The van der Waals surface area contributed by atoms with Gasteiger partial charge in [-0.3, -0.25) is 4.57 Å². The Morgan fingerprint density at radius 1 is 1.13 bits per heavy atom. The van der Waals surface area contributed by atoms with Gasteiger partial charge in [-0.25, -0.2) is 0 Å². The van der Waals surface area contributed by atoms with Crippen LogP contribution < -0.4 is 0 Å². The lowest BCUT2D eigenvalue weighted by atomic mass is 10.5. The summed E-state index contributed by atoms with van der Waals surface area (Å²) in [5.41, 5.74) is 0. The lowest BCUT2D eigenvalue weighted by Gasteiger charge is -2.01. The van der Waals surface area contributed by atoms with E-state index < -0.39 is 8.25 Å². The average molecular weight is 238 g/mol. The van der Waals surface area contributed by atoms with E-state index in [9.17, 15) is 4.57 Å². The first-order valence-electron chi connectivity index (χ1n) is 5.29. The third-order valence-corrected chi connectivity index (χ3v) is 2.38. The van der Waals surface area contributed by atoms with Crippen molar-refractivity contribution in [1.29, 1.82) is 0 Å². The second-order valence-electron chi connectivity index (χ2n) is 3.49. The minimum Gasteiger partial charge on any atom is -0.371 e. The first-order chi connectivity index (χ1) is 7.26. The Morgan fingerprint density at radius 3 is 1.73 bits per heavy atom. The molecule has 2 unspecified atom stereocenters. The summed E-state index contributed by atoms with van der Waals surface area (Å²) in [7, 11) is -2.31. The molecule has 2 atom stereocenters. The van der Waals surface area contributed by atoms with Crippen molar-refractivity contribution in [3.8, 4) is 0 Å². The van der Waals surface area contributed by atoms with Gasteiger partial charge in [0.15, 0.2) is 0 Å². The van der Waals surface area contributed by atoms with Gasteiger partial charge in [-0.1, -0.05) is 20.3 Å². The topological polar surface area (TPSA) is 60.6 Å². The summed E-state index contributed by atoms with van der Waals surface area (Å²) in [4.78, 5) is 0. The molecule has 2 aliphatic rings. The molecule has 2 rings (SSSR count). The molecule has 0 saturated carbocycles. The Hall–Kier alpha value is 0.0700. The molecular weight excluding hydrogens is 219 g/mol. The van der Waals surface area contributed by atoms with E-state index in [2.05, 4.69) is 13.8 Å². The number of ether oxygens (including phenoxy) is 2. The van der Waals surface area contributed by atoms with E-state index >= 15 is 0 Å². The minimum absolute atomic E-state index is 0.139. The van der Waals surface area contributed by atoms with Crippen LogP contribution in [0.25, 0.3) is 0 Å². The molecule has 0 radical (unpaired) electrons. The van der Waals surface area contributed by atoms with Crippen LogP contribution >= 0.6 is 8.25 Å². The smallest absolute Gasteiger partial charge is 0.319 e. The lowest BCUT2D eigenvalue weighted by molar-refractivity contribution is 0.194. The molecular formula is C9H19O5P. The van der Waals surface area contributed by atoms with Gasteiger partial charge in [0, 0.05) is 0 Å². The number of hydrogen-bond acceptors (Lipinski definition) is 5. The highest BCUT2D eigenvalue weighted by molar-refractivity contribution is 7.33. The normalized spacial score (nSPS) is 28.9. The molecule has 0 aromatic carbocycles. The van der Waals surface area contributed by atoms with Crippen LogP contribution in [0.1, 0.15) is 20.3 Å². The maximum absolute atomic E-state index is 10.9. The fraction of sp³-hybridized carbons (Fsp3) is 1.00.